The molecule has 1 aliphatic rings. The van der Waals surface area contributed by atoms with Crippen molar-refractivity contribution in [3.63, 3.8) is 0 Å². The molecule has 0 radical (unpaired) electrons. The van der Waals surface area contributed by atoms with Crippen molar-refractivity contribution in [2.45, 2.75) is 46.3 Å². The lowest BCUT2D eigenvalue weighted by Gasteiger charge is -2.21. The van der Waals surface area contributed by atoms with Crippen LogP contribution in [0.3, 0.4) is 0 Å². The fourth-order valence-electron chi connectivity index (χ4n) is 3.15. The molecule has 0 aromatic carbocycles. The summed E-state index contributed by atoms with van der Waals surface area (Å²) in [5.41, 5.74) is 1.78. The molecule has 0 bridgehead atoms. The van der Waals surface area contributed by atoms with Crippen LogP contribution in [-0.4, -0.2) is 61.4 Å². The Morgan fingerprint density at radius 3 is 2.76 bits per heavy atom. The molecular formula is C18H28N6O. The van der Waals surface area contributed by atoms with Crippen molar-refractivity contribution in [3.8, 4) is 0 Å². The zero-order chi connectivity index (χ0) is 17.8. The highest BCUT2D eigenvalue weighted by Crippen LogP contribution is 2.12. The average Bonchev–Trinajstić information content (AvgIpc) is 3.20. The predicted octanol–water partition coefficient (Wildman–Crippen LogP) is 2.03. The van der Waals surface area contributed by atoms with Crippen LogP contribution in [0, 0.1) is 0 Å². The van der Waals surface area contributed by atoms with Crippen LogP contribution in [0.5, 0.6) is 0 Å². The van der Waals surface area contributed by atoms with Crippen molar-refractivity contribution in [2.75, 3.05) is 26.2 Å². The summed E-state index contributed by atoms with van der Waals surface area (Å²) in [6.07, 6.45) is 6.91. The van der Waals surface area contributed by atoms with Gasteiger partial charge in [-0.25, -0.2) is 0 Å². The molecule has 7 heteroatoms. The number of carbonyl (C=O) groups excluding carboxylic acids is 1. The second-order valence-corrected chi connectivity index (χ2v) is 6.90. The zero-order valence-electron chi connectivity index (χ0n) is 15.4. The molecule has 2 aromatic rings. The molecule has 136 valence electrons. The molecule has 0 spiro atoms. The number of hydrogen-bond acceptors (Lipinski definition) is 4. The van der Waals surface area contributed by atoms with E-state index in [4.69, 9.17) is 0 Å². The van der Waals surface area contributed by atoms with Gasteiger partial charge >= 0.3 is 0 Å². The van der Waals surface area contributed by atoms with Gasteiger partial charge in [0.25, 0.3) is 5.91 Å². The highest BCUT2D eigenvalue weighted by Gasteiger charge is 2.22. The van der Waals surface area contributed by atoms with Crippen LogP contribution in [0.15, 0.2) is 24.7 Å². The fourth-order valence-corrected chi connectivity index (χ4v) is 3.15. The van der Waals surface area contributed by atoms with Gasteiger partial charge in [-0.05, 0) is 33.3 Å². The first-order valence-electron chi connectivity index (χ1n) is 9.15. The molecule has 0 atom stereocenters. The van der Waals surface area contributed by atoms with Gasteiger partial charge in [0.2, 0.25) is 0 Å². The molecule has 25 heavy (non-hydrogen) atoms. The van der Waals surface area contributed by atoms with Crippen LogP contribution in [0.1, 0.15) is 49.3 Å². The Balaban J connectivity index is 1.57. The van der Waals surface area contributed by atoms with Gasteiger partial charge < -0.3 is 4.90 Å². The van der Waals surface area contributed by atoms with Crippen molar-refractivity contribution >= 4 is 5.91 Å². The van der Waals surface area contributed by atoms with Gasteiger partial charge in [0.1, 0.15) is 5.69 Å². The summed E-state index contributed by atoms with van der Waals surface area (Å²) in [4.78, 5) is 17.0. The van der Waals surface area contributed by atoms with Gasteiger partial charge in [0.05, 0.1) is 6.20 Å². The Morgan fingerprint density at radius 2 is 2.08 bits per heavy atom. The lowest BCUT2D eigenvalue weighted by atomic mass is 10.3. The van der Waals surface area contributed by atoms with Crippen molar-refractivity contribution in [1.29, 1.82) is 0 Å². The van der Waals surface area contributed by atoms with E-state index in [1.807, 2.05) is 32.7 Å². The van der Waals surface area contributed by atoms with Gasteiger partial charge in [-0.1, -0.05) is 0 Å². The molecular weight excluding hydrogens is 316 g/mol. The van der Waals surface area contributed by atoms with Gasteiger partial charge in [-0.3, -0.25) is 19.1 Å². The van der Waals surface area contributed by atoms with E-state index >= 15 is 0 Å². The van der Waals surface area contributed by atoms with E-state index in [-0.39, 0.29) is 11.9 Å². The van der Waals surface area contributed by atoms with E-state index in [0.29, 0.717) is 5.69 Å². The topological polar surface area (TPSA) is 59.2 Å². The van der Waals surface area contributed by atoms with Crippen LogP contribution in [-0.2, 0) is 13.1 Å². The SMILES string of the molecule is CCn1cc(CN2CCCN(C(=O)c3ccn(C(C)C)n3)CC2)cn1. The van der Waals surface area contributed by atoms with Gasteiger partial charge in [0, 0.05) is 63.3 Å². The smallest absolute Gasteiger partial charge is 0.274 e. The summed E-state index contributed by atoms with van der Waals surface area (Å²) < 4.78 is 3.79. The van der Waals surface area contributed by atoms with Crippen LogP contribution in [0.2, 0.25) is 0 Å². The molecule has 3 heterocycles. The number of aromatic nitrogens is 4. The Kier molecular flexibility index (Phi) is 5.53. The molecule has 7 nitrogen and oxygen atoms in total. The Bertz CT molecular complexity index is 704. The molecule has 1 fully saturated rings. The Morgan fingerprint density at radius 1 is 1.24 bits per heavy atom. The second-order valence-electron chi connectivity index (χ2n) is 6.90. The maximum absolute atomic E-state index is 12.7. The molecule has 1 amide bonds. The van der Waals surface area contributed by atoms with Crippen LogP contribution in [0.4, 0.5) is 0 Å². The first kappa shape index (κ1) is 17.7. The molecule has 1 aliphatic heterocycles. The number of amides is 1. The van der Waals surface area contributed by atoms with Gasteiger partial charge in [-0.2, -0.15) is 10.2 Å². The first-order valence-corrected chi connectivity index (χ1v) is 9.15. The maximum atomic E-state index is 12.7. The third kappa shape index (κ3) is 4.28. The highest BCUT2D eigenvalue weighted by atomic mass is 16.2. The summed E-state index contributed by atoms with van der Waals surface area (Å²) in [5.74, 6) is 0.0417. The molecule has 0 saturated carbocycles. The minimum atomic E-state index is 0.0417. The standard InChI is InChI=1S/C18H28N6O/c1-4-23-14-16(12-19-23)13-21-7-5-8-22(11-10-21)18(25)17-6-9-24(20-17)15(2)3/h6,9,12,14-15H,4-5,7-8,10-11,13H2,1-3H3. The average molecular weight is 344 g/mol. The third-order valence-electron chi connectivity index (χ3n) is 4.65. The number of nitrogens with zero attached hydrogens (tertiary/aromatic N) is 6. The lowest BCUT2D eigenvalue weighted by molar-refractivity contribution is 0.0754. The van der Waals surface area contributed by atoms with Crippen LogP contribution in [0.25, 0.3) is 0 Å². The normalized spacial score (nSPS) is 16.4. The van der Waals surface area contributed by atoms with Crippen molar-refractivity contribution in [2.24, 2.45) is 0 Å². The molecule has 0 aliphatic carbocycles. The minimum absolute atomic E-state index is 0.0417. The Hall–Kier alpha value is -2.15. The van der Waals surface area contributed by atoms with E-state index in [1.54, 1.807) is 0 Å². The summed E-state index contributed by atoms with van der Waals surface area (Å²) in [5, 5.41) is 8.75. The van der Waals surface area contributed by atoms with Crippen LogP contribution >= 0.6 is 0 Å². The lowest BCUT2D eigenvalue weighted by Crippen LogP contribution is -2.35. The van der Waals surface area contributed by atoms with Crippen molar-refractivity contribution in [3.05, 3.63) is 35.9 Å². The fraction of sp³-hybridized carbons (Fsp3) is 0.611. The van der Waals surface area contributed by atoms with E-state index in [0.717, 1.165) is 45.7 Å². The highest BCUT2D eigenvalue weighted by molar-refractivity contribution is 5.92. The molecule has 2 aromatic heterocycles. The predicted molar refractivity (Wildman–Crippen MR) is 96.3 cm³/mol. The number of aryl methyl sites for hydroxylation is 1. The minimum Gasteiger partial charge on any atom is -0.336 e. The zero-order valence-corrected chi connectivity index (χ0v) is 15.4. The summed E-state index contributed by atoms with van der Waals surface area (Å²) >= 11 is 0. The molecule has 0 N–H and O–H groups in total. The van der Waals surface area contributed by atoms with Crippen LogP contribution < -0.4 is 0 Å². The summed E-state index contributed by atoms with van der Waals surface area (Å²) in [7, 11) is 0. The summed E-state index contributed by atoms with van der Waals surface area (Å²) in [6, 6.07) is 2.09. The number of hydrogen-bond donors (Lipinski definition) is 0. The molecule has 1 saturated heterocycles. The summed E-state index contributed by atoms with van der Waals surface area (Å²) in [6.45, 7) is 11.4. The van der Waals surface area contributed by atoms with Crippen molar-refractivity contribution < 1.29 is 4.79 Å². The van der Waals surface area contributed by atoms with E-state index in [1.165, 1.54) is 5.56 Å². The second kappa shape index (κ2) is 7.82. The molecule has 0 unspecified atom stereocenters. The van der Waals surface area contributed by atoms with E-state index in [9.17, 15) is 4.79 Å². The number of rotatable bonds is 5. The third-order valence-corrected chi connectivity index (χ3v) is 4.65. The largest absolute Gasteiger partial charge is 0.336 e. The first-order chi connectivity index (χ1) is 12.1. The molecule has 3 rings (SSSR count). The monoisotopic (exact) mass is 344 g/mol. The van der Waals surface area contributed by atoms with E-state index in [2.05, 4.69) is 42.1 Å². The quantitative estimate of drug-likeness (QED) is 0.833. The Labute approximate surface area is 149 Å². The van der Waals surface area contributed by atoms with Crippen molar-refractivity contribution in [1.82, 2.24) is 29.4 Å². The number of carbonyl (C=O) groups is 1. The van der Waals surface area contributed by atoms with Gasteiger partial charge in [-0.15, -0.1) is 0 Å². The van der Waals surface area contributed by atoms with Gasteiger partial charge in [0.15, 0.2) is 0 Å². The maximum Gasteiger partial charge on any atom is 0.274 e. The van der Waals surface area contributed by atoms with E-state index < -0.39 is 0 Å².